The van der Waals surface area contributed by atoms with Gasteiger partial charge in [0.05, 0.1) is 5.52 Å². The molecule has 0 atom stereocenters. The van der Waals surface area contributed by atoms with Crippen molar-refractivity contribution in [1.82, 2.24) is 9.13 Å². The van der Waals surface area contributed by atoms with Crippen LogP contribution in [0.25, 0.3) is 10.2 Å². The lowest BCUT2D eigenvalue weighted by atomic mass is 10.1. The number of carbonyl (C=O) groups excluding carboxylic acids is 1. The molecule has 6 nitrogen and oxygen atoms in total. The second-order valence-electron chi connectivity index (χ2n) is 7.66. The van der Waals surface area contributed by atoms with Gasteiger partial charge in [-0.3, -0.25) is 18.7 Å². The molecule has 0 aliphatic rings. The Morgan fingerprint density at radius 2 is 1.83 bits per heavy atom. The van der Waals surface area contributed by atoms with Crippen molar-refractivity contribution in [3.8, 4) is 0 Å². The average Bonchev–Trinajstić information content (AvgIpc) is 3.18. The van der Waals surface area contributed by atoms with E-state index in [2.05, 4.69) is 12.2 Å². The minimum absolute atomic E-state index is 0.137. The molecule has 154 valence electrons. The minimum atomic E-state index is -0.445. The molecule has 0 unspecified atom stereocenters. The molecule has 1 N–H and O–H groups in total. The lowest BCUT2D eigenvalue weighted by Gasteiger charge is -2.13. The number of amides is 1. The summed E-state index contributed by atoms with van der Waals surface area (Å²) >= 11 is 1.29. The van der Waals surface area contributed by atoms with Gasteiger partial charge in [-0.1, -0.05) is 39.3 Å². The van der Waals surface area contributed by atoms with E-state index in [9.17, 15) is 14.4 Å². The molecule has 0 aliphatic heterocycles. The number of anilines is 1. The monoisotopic (exact) mass is 413 g/mol. The fourth-order valence-electron chi connectivity index (χ4n) is 3.29. The van der Waals surface area contributed by atoms with Crippen molar-refractivity contribution in [1.29, 1.82) is 0 Å². The van der Waals surface area contributed by atoms with Crippen LogP contribution in [0.4, 0.5) is 5.69 Å². The number of benzene rings is 1. The lowest BCUT2D eigenvalue weighted by Crippen LogP contribution is -2.42. The zero-order chi connectivity index (χ0) is 21.0. The molecule has 0 spiro atoms. The van der Waals surface area contributed by atoms with Gasteiger partial charge in [-0.25, -0.2) is 4.79 Å². The van der Waals surface area contributed by atoms with Gasteiger partial charge in [0.25, 0.3) is 5.56 Å². The van der Waals surface area contributed by atoms with Crippen molar-refractivity contribution in [2.75, 3.05) is 5.32 Å². The summed E-state index contributed by atoms with van der Waals surface area (Å²) in [6, 6.07) is 9.50. The Kier molecular flexibility index (Phi) is 6.69. The Morgan fingerprint density at radius 1 is 1.10 bits per heavy atom. The van der Waals surface area contributed by atoms with Gasteiger partial charge in [0.1, 0.15) is 11.2 Å². The van der Waals surface area contributed by atoms with Gasteiger partial charge < -0.3 is 5.32 Å². The van der Waals surface area contributed by atoms with Crippen LogP contribution in [-0.2, 0) is 24.3 Å². The SMILES string of the molecule is CCCCc1ccc(NC(=O)Cn2c(=O)n(CC(C)C)c(=O)c3sccc32)cc1. The van der Waals surface area contributed by atoms with Crippen molar-refractivity contribution < 1.29 is 4.79 Å². The molecule has 0 saturated carbocycles. The van der Waals surface area contributed by atoms with Crippen LogP contribution >= 0.6 is 11.3 Å². The molecule has 7 heteroatoms. The van der Waals surface area contributed by atoms with Crippen LogP contribution in [-0.4, -0.2) is 15.0 Å². The van der Waals surface area contributed by atoms with Crippen LogP contribution in [0.3, 0.4) is 0 Å². The number of nitrogens with one attached hydrogen (secondary N) is 1. The molecule has 0 aliphatic carbocycles. The van der Waals surface area contributed by atoms with E-state index in [-0.39, 0.29) is 23.9 Å². The number of hydrogen-bond acceptors (Lipinski definition) is 4. The number of unbranched alkanes of at least 4 members (excludes halogenated alkanes) is 1. The molecular formula is C22H27N3O3S. The summed E-state index contributed by atoms with van der Waals surface area (Å²) in [5.41, 5.74) is 1.71. The van der Waals surface area contributed by atoms with E-state index in [0.29, 0.717) is 22.4 Å². The Bertz CT molecular complexity index is 1110. The molecule has 1 amide bonds. The van der Waals surface area contributed by atoms with E-state index < -0.39 is 5.69 Å². The molecular weight excluding hydrogens is 386 g/mol. The quantitative estimate of drug-likeness (QED) is 0.609. The summed E-state index contributed by atoms with van der Waals surface area (Å²) < 4.78 is 3.12. The highest BCUT2D eigenvalue weighted by Gasteiger charge is 2.17. The predicted molar refractivity (Wildman–Crippen MR) is 119 cm³/mol. The van der Waals surface area contributed by atoms with E-state index in [1.165, 1.54) is 26.0 Å². The van der Waals surface area contributed by atoms with E-state index in [1.54, 1.807) is 11.4 Å². The predicted octanol–water partition coefficient (Wildman–Crippen LogP) is 3.86. The second kappa shape index (κ2) is 9.22. The number of fused-ring (bicyclic) bond motifs is 1. The summed E-state index contributed by atoms with van der Waals surface area (Å²) in [7, 11) is 0. The maximum absolute atomic E-state index is 12.9. The van der Waals surface area contributed by atoms with Crippen LogP contribution in [0.15, 0.2) is 45.3 Å². The van der Waals surface area contributed by atoms with Gasteiger partial charge in [0.15, 0.2) is 0 Å². The summed E-state index contributed by atoms with van der Waals surface area (Å²) in [6.45, 7) is 6.25. The van der Waals surface area contributed by atoms with Crippen molar-refractivity contribution in [2.24, 2.45) is 5.92 Å². The normalized spacial score (nSPS) is 11.3. The second-order valence-corrected chi connectivity index (χ2v) is 8.58. The number of thiophene rings is 1. The fourth-order valence-corrected chi connectivity index (χ4v) is 4.14. The van der Waals surface area contributed by atoms with Gasteiger partial charge >= 0.3 is 5.69 Å². The first-order chi connectivity index (χ1) is 13.9. The van der Waals surface area contributed by atoms with E-state index in [4.69, 9.17) is 0 Å². The molecule has 29 heavy (non-hydrogen) atoms. The Morgan fingerprint density at radius 3 is 2.48 bits per heavy atom. The van der Waals surface area contributed by atoms with Crippen molar-refractivity contribution >= 4 is 33.1 Å². The Labute approximate surface area is 173 Å². The summed E-state index contributed by atoms with van der Waals surface area (Å²) in [6.07, 6.45) is 3.30. The highest BCUT2D eigenvalue weighted by Crippen LogP contribution is 2.16. The summed E-state index contributed by atoms with van der Waals surface area (Å²) in [5.74, 6) is -0.151. The molecule has 2 heterocycles. The molecule has 0 saturated heterocycles. The first-order valence-corrected chi connectivity index (χ1v) is 10.9. The van der Waals surface area contributed by atoms with Crippen molar-refractivity contribution in [3.63, 3.8) is 0 Å². The third-order valence-corrected chi connectivity index (χ3v) is 5.63. The largest absolute Gasteiger partial charge is 0.332 e. The molecule has 0 bridgehead atoms. The van der Waals surface area contributed by atoms with Gasteiger partial charge in [0.2, 0.25) is 5.91 Å². The zero-order valence-corrected chi connectivity index (χ0v) is 17.9. The number of hydrogen-bond donors (Lipinski definition) is 1. The highest BCUT2D eigenvalue weighted by atomic mass is 32.1. The van der Waals surface area contributed by atoms with Crippen molar-refractivity contribution in [2.45, 2.75) is 53.1 Å². The van der Waals surface area contributed by atoms with E-state index >= 15 is 0 Å². The van der Waals surface area contributed by atoms with Gasteiger partial charge in [-0.05, 0) is 47.9 Å². The lowest BCUT2D eigenvalue weighted by molar-refractivity contribution is -0.116. The van der Waals surface area contributed by atoms with E-state index in [1.807, 2.05) is 38.1 Å². The number of aryl methyl sites for hydroxylation is 1. The molecule has 0 radical (unpaired) electrons. The maximum atomic E-state index is 12.9. The Hall–Kier alpha value is -2.67. The molecule has 0 fully saturated rings. The smallest absolute Gasteiger partial charge is 0.325 e. The van der Waals surface area contributed by atoms with Crippen LogP contribution in [0.5, 0.6) is 0 Å². The van der Waals surface area contributed by atoms with Crippen LogP contribution in [0.1, 0.15) is 39.2 Å². The fraction of sp³-hybridized carbons (Fsp3) is 0.409. The standard InChI is InChI=1S/C22H27N3O3S/c1-4-5-6-16-7-9-17(10-8-16)23-19(26)14-24-18-11-12-29-20(18)21(27)25(22(24)28)13-15(2)3/h7-12,15H,4-6,13-14H2,1-3H3,(H,23,26). The molecule has 3 rings (SSSR count). The highest BCUT2D eigenvalue weighted by molar-refractivity contribution is 7.17. The zero-order valence-electron chi connectivity index (χ0n) is 17.1. The van der Waals surface area contributed by atoms with Gasteiger partial charge in [0, 0.05) is 12.2 Å². The van der Waals surface area contributed by atoms with Crippen LogP contribution in [0, 0.1) is 5.92 Å². The van der Waals surface area contributed by atoms with Crippen LogP contribution < -0.4 is 16.6 Å². The van der Waals surface area contributed by atoms with Crippen LogP contribution in [0.2, 0.25) is 0 Å². The average molecular weight is 414 g/mol. The number of carbonyl (C=O) groups is 1. The third-order valence-electron chi connectivity index (χ3n) is 4.74. The molecule has 3 aromatic rings. The first kappa shape index (κ1) is 21.0. The van der Waals surface area contributed by atoms with Gasteiger partial charge in [-0.2, -0.15) is 0 Å². The van der Waals surface area contributed by atoms with Crippen molar-refractivity contribution in [3.05, 3.63) is 62.1 Å². The minimum Gasteiger partial charge on any atom is -0.325 e. The summed E-state index contributed by atoms with van der Waals surface area (Å²) in [5, 5.41) is 4.62. The topological polar surface area (TPSA) is 73.1 Å². The third kappa shape index (κ3) is 4.85. The maximum Gasteiger partial charge on any atom is 0.332 e. The first-order valence-electron chi connectivity index (χ1n) is 10.00. The molecule has 1 aromatic carbocycles. The number of nitrogens with zero attached hydrogens (tertiary/aromatic N) is 2. The van der Waals surface area contributed by atoms with E-state index in [0.717, 1.165) is 19.3 Å². The molecule has 2 aromatic heterocycles. The number of rotatable bonds is 8. The number of aromatic nitrogens is 2. The Balaban J connectivity index is 1.84. The van der Waals surface area contributed by atoms with Gasteiger partial charge in [-0.15, -0.1) is 11.3 Å². The summed E-state index contributed by atoms with van der Waals surface area (Å²) in [4.78, 5) is 38.2.